The SMILES string of the molecule is C1CC23C4C5CC6C7C8CC9C%10C%11CC%12C%13C%14CC%15C%16%17C%18CCC%19C%20C4C24C2C%21C%22C%23%24C(C%25C%26C%19C%204C%262C%25%21%23)C%18C%24%16C%222C4(C1)C9(CC8C7C653)C%101C%11%12C%133C%14%15C%172C413. The molecule has 0 heteroatoms. The molecule has 0 aromatic carbocycles. The van der Waals surface area contributed by atoms with Crippen LogP contribution in [0.25, 0.3) is 0 Å². The molecule has 54 heavy (non-hydrogen) atoms. The van der Waals surface area contributed by atoms with E-state index in [0.29, 0.717) is 0 Å². The van der Waals surface area contributed by atoms with Crippen molar-refractivity contribution in [3.63, 3.8) is 0 Å². The van der Waals surface area contributed by atoms with Crippen molar-refractivity contribution in [2.45, 2.75) is 64.2 Å². The van der Waals surface area contributed by atoms with Crippen LogP contribution < -0.4 is 0 Å². The quantitative estimate of drug-likeness (QED) is 0.254. The number of fused-ring (bicyclic) bond motifs is 12. The fourth-order valence-corrected chi connectivity index (χ4v) is 49.9. The fraction of sp³-hybridized carbons (Fsp3) is 1.00. The molecule has 0 nitrogen and oxygen atoms in total. The Hall–Kier alpha value is 0. The maximum absolute atomic E-state index is 1.96. The minimum absolute atomic E-state index is 0.973. The van der Waals surface area contributed by atoms with Gasteiger partial charge in [-0.2, -0.15) is 0 Å². The van der Waals surface area contributed by atoms with Crippen LogP contribution in [0.5, 0.6) is 0 Å². The Morgan fingerprint density at radius 2 is 1.19 bits per heavy atom. The molecule has 32 aliphatic carbocycles. The van der Waals surface area contributed by atoms with Crippen molar-refractivity contribution in [2.75, 3.05) is 0 Å². The molecule has 44 unspecified atom stereocenters. The van der Waals surface area contributed by atoms with Crippen LogP contribution in [0.15, 0.2) is 0 Å². The van der Waals surface area contributed by atoms with Gasteiger partial charge in [0, 0.05) is 0 Å². The summed E-state index contributed by atoms with van der Waals surface area (Å²) in [4.78, 5) is 0. The molecule has 0 aromatic rings. The average Bonchev–Trinajstić information content (AvgIpc) is 3.14. The van der Waals surface area contributed by atoms with Crippen molar-refractivity contribution >= 4 is 0 Å². The molecule has 44 atom stereocenters. The number of rotatable bonds is 0. The first-order valence-corrected chi connectivity index (χ1v) is 26.8. The lowest BCUT2D eigenvalue weighted by molar-refractivity contribution is -1.05. The van der Waals surface area contributed by atoms with Gasteiger partial charge in [-0.05, 0) is 309 Å². The van der Waals surface area contributed by atoms with Gasteiger partial charge in [-0.1, -0.05) is 6.42 Å². The summed E-state index contributed by atoms with van der Waals surface area (Å²) in [6.07, 6.45) is 18.7. The van der Waals surface area contributed by atoms with E-state index in [1.807, 2.05) is 64.2 Å². The van der Waals surface area contributed by atoms with E-state index >= 15 is 0 Å². The smallest absolute Gasteiger partial charge is 0.00143 e. The molecule has 0 aromatic heterocycles. The van der Waals surface area contributed by atoms with E-state index in [9.17, 15) is 0 Å². The zero-order valence-electron chi connectivity index (χ0n) is 31.1. The first kappa shape index (κ1) is 21.0. The summed E-state index contributed by atoms with van der Waals surface area (Å²) in [6.45, 7) is 0. The molecular weight excluding hydrogens is 649 g/mol. The molecule has 0 radical (unpaired) electrons. The van der Waals surface area contributed by atoms with Crippen LogP contribution in [0.1, 0.15) is 64.2 Å². The highest BCUT2D eigenvalue weighted by molar-refractivity contribution is 5.96. The zero-order valence-corrected chi connectivity index (χ0v) is 31.1. The van der Waals surface area contributed by atoms with Crippen molar-refractivity contribution < 1.29 is 0 Å². The Morgan fingerprint density at radius 1 is 0.370 bits per heavy atom. The Bertz CT molecular complexity index is 2980. The lowest BCUT2D eigenvalue weighted by Gasteiger charge is -3.50. The highest BCUT2D eigenvalue weighted by Gasteiger charge is 3.51. The van der Waals surface area contributed by atoms with Crippen molar-refractivity contribution in [1.29, 1.82) is 0 Å². The normalized spacial score (nSPS) is 120. The highest BCUT2D eigenvalue weighted by atomic mass is 15.5. The fourth-order valence-electron chi connectivity index (χ4n) is 49.9. The second kappa shape index (κ2) is 3.73. The second-order valence-corrected chi connectivity index (χ2v) is 32.7. The lowest BCUT2D eigenvalue weighted by atomic mass is 8.53. The molecule has 0 amide bonds. The molecule has 0 saturated heterocycles. The molecule has 32 saturated carbocycles. The summed E-state index contributed by atoms with van der Waals surface area (Å²) in [5, 5.41) is 0. The van der Waals surface area contributed by atoms with Crippen molar-refractivity contribution in [3.05, 3.63) is 0 Å². The van der Waals surface area contributed by atoms with E-state index in [1.165, 1.54) is 154 Å². The number of hydrogen-bond donors (Lipinski definition) is 0. The molecular formula is C54H46. The van der Waals surface area contributed by atoms with Gasteiger partial charge in [-0.15, -0.1) is 0 Å². The monoisotopic (exact) mass is 694 g/mol. The third-order valence-corrected chi connectivity index (χ3v) is 41.5. The van der Waals surface area contributed by atoms with Crippen LogP contribution in [0.3, 0.4) is 0 Å². The Morgan fingerprint density at radius 3 is 2.15 bits per heavy atom. The summed E-state index contributed by atoms with van der Waals surface area (Å²) in [5.74, 6) is 34.9. The maximum atomic E-state index is 1.96. The van der Waals surface area contributed by atoms with Gasteiger partial charge in [0.25, 0.3) is 0 Å². The van der Waals surface area contributed by atoms with Crippen molar-refractivity contribution in [3.8, 4) is 0 Å². The Balaban J connectivity index is 0.848. The van der Waals surface area contributed by atoms with Crippen LogP contribution in [0.2, 0.25) is 0 Å². The van der Waals surface area contributed by atoms with Gasteiger partial charge in [0.05, 0.1) is 0 Å². The lowest BCUT2D eigenvalue weighted by Crippen LogP contribution is -3.48. The predicted molar refractivity (Wildman–Crippen MR) is 181 cm³/mol. The first-order valence-electron chi connectivity index (χ1n) is 26.8. The summed E-state index contributed by atoms with van der Waals surface area (Å²) in [6, 6.07) is 0. The highest BCUT2D eigenvalue weighted by Crippen LogP contribution is 3.52. The van der Waals surface area contributed by atoms with Gasteiger partial charge < -0.3 is 0 Å². The predicted octanol–water partition coefficient (Wildman–Crippen LogP) is 7.10. The molecule has 18 spiro atoms. The van der Waals surface area contributed by atoms with E-state index < -0.39 is 0 Å². The average molecular weight is 695 g/mol. The minimum Gasteiger partial charge on any atom is -0.0521 e. The Kier molecular flexibility index (Phi) is 1.45. The minimum atomic E-state index is 0.973. The standard InChI is InChI=1S/C54H46/c1-4-37-28-17-7-15-22-12-6-16-26-18-8-19-27-20-9-21-42-14-3-2-11-24-30(28)46(37)35-34-36-48-32(33-31-25(11)44(24,46)47(31,35)45(33,34)48)29(14)50(42,48)52(36)39(5-1)38(16,10-13(12)23(22)40(15,17)37)49(26)41(18,19)51(27)43(20,21)54(42,52)53(39,49)51/h11-36H,1-10H2. The van der Waals surface area contributed by atoms with Gasteiger partial charge in [0.15, 0.2) is 0 Å². The molecule has 32 rings (SSSR count). The second-order valence-electron chi connectivity index (χ2n) is 32.7. The van der Waals surface area contributed by atoms with E-state index in [0.717, 1.165) is 97.5 Å². The van der Waals surface area contributed by atoms with Gasteiger partial charge in [-0.3, -0.25) is 0 Å². The van der Waals surface area contributed by atoms with Crippen LogP contribution >= 0.6 is 0 Å². The summed E-state index contributed by atoms with van der Waals surface area (Å²) < 4.78 is 0. The van der Waals surface area contributed by atoms with Gasteiger partial charge in [0.2, 0.25) is 0 Å². The summed E-state index contributed by atoms with van der Waals surface area (Å²) in [7, 11) is 0. The topological polar surface area (TPSA) is 0 Å². The maximum Gasteiger partial charge on any atom is -0.00143 e. The van der Waals surface area contributed by atoms with E-state index in [2.05, 4.69) is 0 Å². The van der Waals surface area contributed by atoms with Crippen LogP contribution in [-0.4, -0.2) is 0 Å². The van der Waals surface area contributed by atoms with Gasteiger partial charge in [-0.25, -0.2) is 0 Å². The van der Waals surface area contributed by atoms with Crippen molar-refractivity contribution in [2.24, 2.45) is 251 Å². The molecule has 0 heterocycles. The summed E-state index contributed by atoms with van der Waals surface area (Å²) in [5.41, 5.74) is 18.6. The van der Waals surface area contributed by atoms with E-state index in [-0.39, 0.29) is 0 Å². The first-order chi connectivity index (χ1) is 26.8. The van der Waals surface area contributed by atoms with Crippen molar-refractivity contribution in [1.82, 2.24) is 0 Å². The van der Waals surface area contributed by atoms with Gasteiger partial charge in [0.1, 0.15) is 0 Å². The van der Waals surface area contributed by atoms with Crippen LogP contribution in [-0.2, 0) is 0 Å². The van der Waals surface area contributed by atoms with E-state index in [1.54, 1.807) is 0 Å². The largest absolute Gasteiger partial charge is 0.0521 e. The molecule has 32 fully saturated rings. The number of hydrogen-bond acceptors (Lipinski definition) is 0. The third kappa shape index (κ3) is 0.623. The van der Waals surface area contributed by atoms with Crippen LogP contribution in [0.4, 0.5) is 0 Å². The molecule has 4 bridgehead atoms. The molecule has 0 aliphatic heterocycles. The summed E-state index contributed by atoms with van der Waals surface area (Å²) >= 11 is 0. The third-order valence-electron chi connectivity index (χ3n) is 41.5. The molecule has 262 valence electrons. The van der Waals surface area contributed by atoms with Gasteiger partial charge >= 0.3 is 0 Å². The zero-order chi connectivity index (χ0) is 31.1. The molecule has 32 aliphatic rings. The van der Waals surface area contributed by atoms with E-state index in [4.69, 9.17) is 0 Å². The molecule has 0 N–H and O–H groups in total. The Labute approximate surface area is 314 Å². The van der Waals surface area contributed by atoms with Crippen LogP contribution in [0, 0.1) is 251 Å².